The molecule has 0 fully saturated rings. The number of carboxylic acid groups (broad SMARTS) is 1. The zero-order valence-corrected chi connectivity index (χ0v) is 17.6. The number of carboxylic acids is 1. The number of anilines is 1. The average Bonchev–Trinajstić information content (AvgIpc) is 2.84. The number of carbonyl (C=O) groups is 1. The molecule has 1 heterocycles. The van der Waals surface area contributed by atoms with Crippen molar-refractivity contribution in [3.05, 3.63) is 96.8 Å². The lowest BCUT2D eigenvalue weighted by molar-refractivity contribution is -0.137. The first kappa shape index (κ1) is 21.1. The van der Waals surface area contributed by atoms with E-state index in [0.29, 0.717) is 17.9 Å². The van der Waals surface area contributed by atoms with Gasteiger partial charge in [0.15, 0.2) is 0 Å². The van der Waals surface area contributed by atoms with Crippen molar-refractivity contribution >= 4 is 11.8 Å². The highest BCUT2D eigenvalue weighted by Gasteiger charge is 2.18. The topological polar surface area (TPSA) is 84.3 Å². The number of hydrogen-bond acceptors (Lipinski definition) is 5. The van der Waals surface area contributed by atoms with Gasteiger partial charge in [0.1, 0.15) is 23.9 Å². The van der Waals surface area contributed by atoms with E-state index in [0.717, 1.165) is 28.0 Å². The molecule has 0 aliphatic carbocycles. The molecule has 6 heteroatoms. The standard InChI is InChI=1S/C26H23N3O3/c1-32-22-9-5-8-21(15-22)19-10-12-20(13-11-19)23-16-25(28-17-27-23)29-24(26(30)31)14-18-6-3-2-4-7-18/h2-13,15-17,24H,14H2,1H3,(H,30,31)(H,27,28,29). The summed E-state index contributed by atoms with van der Waals surface area (Å²) in [6.07, 6.45) is 1.79. The van der Waals surface area contributed by atoms with Crippen molar-refractivity contribution in [3.63, 3.8) is 0 Å². The Labute approximate surface area is 186 Å². The molecule has 0 aliphatic heterocycles. The van der Waals surface area contributed by atoms with Gasteiger partial charge in [-0.25, -0.2) is 14.8 Å². The minimum atomic E-state index is -0.934. The Balaban J connectivity index is 1.52. The van der Waals surface area contributed by atoms with Crippen LogP contribution >= 0.6 is 0 Å². The van der Waals surface area contributed by atoms with Crippen LogP contribution in [0.25, 0.3) is 22.4 Å². The monoisotopic (exact) mass is 425 g/mol. The van der Waals surface area contributed by atoms with E-state index in [1.54, 1.807) is 13.2 Å². The lowest BCUT2D eigenvalue weighted by Crippen LogP contribution is -2.31. The molecule has 160 valence electrons. The van der Waals surface area contributed by atoms with E-state index in [1.807, 2.05) is 78.9 Å². The van der Waals surface area contributed by atoms with E-state index in [-0.39, 0.29) is 0 Å². The molecule has 0 saturated heterocycles. The second kappa shape index (κ2) is 9.75. The van der Waals surface area contributed by atoms with Crippen LogP contribution in [0, 0.1) is 0 Å². The number of nitrogens with one attached hydrogen (secondary N) is 1. The van der Waals surface area contributed by atoms with E-state index in [2.05, 4.69) is 15.3 Å². The fraction of sp³-hybridized carbons (Fsp3) is 0.115. The largest absolute Gasteiger partial charge is 0.497 e. The normalized spacial score (nSPS) is 11.5. The lowest BCUT2D eigenvalue weighted by atomic mass is 10.0. The van der Waals surface area contributed by atoms with E-state index >= 15 is 0 Å². The van der Waals surface area contributed by atoms with Gasteiger partial charge in [-0.1, -0.05) is 66.7 Å². The summed E-state index contributed by atoms with van der Waals surface area (Å²) in [5, 5.41) is 12.7. The Morgan fingerprint density at radius 3 is 2.38 bits per heavy atom. The van der Waals surface area contributed by atoms with Gasteiger partial charge in [-0.05, 0) is 28.8 Å². The van der Waals surface area contributed by atoms with E-state index in [1.165, 1.54) is 6.33 Å². The third-order valence-electron chi connectivity index (χ3n) is 5.15. The number of methoxy groups -OCH3 is 1. The fourth-order valence-corrected chi connectivity index (χ4v) is 3.46. The number of nitrogens with zero attached hydrogens (tertiary/aromatic N) is 2. The van der Waals surface area contributed by atoms with Crippen LogP contribution in [-0.4, -0.2) is 34.2 Å². The Kier molecular flexibility index (Phi) is 6.41. The molecule has 32 heavy (non-hydrogen) atoms. The molecule has 6 nitrogen and oxygen atoms in total. The van der Waals surface area contributed by atoms with Crippen molar-refractivity contribution in [3.8, 4) is 28.1 Å². The highest BCUT2D eigenvalue weighted by atomic mass is 16.5. The van der Waals surface area contributed by atoms with E-state index in [9.17, 15) is 9.90 Å². The maximum atomic E-state index is 11.8. The smallest absolute Gasteiger partial charge is 0.326 e. The number of aliphatic carboxylic acids is 1. The van der Waals surface area contributed by atoms with Crippen molar-refractivity contribution in [1.29, 1.82) is 0 Å². The molecular weight excluding hydrogens is 402 g/mol. The van der Waals surface area contributed by atoms with Gasteiger partial charge in [-0.15, -0.1) is 0 Å². The summed E-state index contributed by atoms with van der Waals surface area (Å²) in [5.74, 6) is 0.341. The fourth-order valence-electron chi connectivity index (χ4n) is 3.46. The number of benzene rings is 3. The van der Waals surface area contributed by atoms with Gasteiger partial charge >= 0.3 is 5.97 Å². The lowest BCUT2D eigenvalue weighted by Gasteiger charge is -2.15. The predicted octanol–water partition coefficient (Wildman–Crippen LogP) is 4.93. The second-order valence-corrected chi connectivity index (χ2v) is 7.32. The third-order valence-corrected chi connectivity index (χ3v) is 5.15. The number of ether oxygens (including phenoxy) is 1. The molecule has 0 bridgehead atoms. The first-order valence-electron chi connectivity index (χ1n) is 10.2. The van der Waals surface area contributed by atoms with Gasteiger partial charge in [-0.2, -0.15) is 0 Å². The van der Waals surface area contributed by atoms with Crippen molar-refractivity contribution in [2.24, 2.45) is 0 Å². The van der Waals surface area contributed by atoms with Crippen molar-refractivity contribution < 1.29 is 14.6 Å². The minimum Gasteiger partial charge on any atom is -0.497 e. The molecule has 1 atom stereocenters. The number of aromatic nitrogens is 2. The first-order valence-corrected chi connectivity index (χ1v) is 10.2. The van der Waals surface area contributed by atoms with Crippen molar-refractivity contribution in [2.75, 3.05) is 12.4 Å². The van der Waals surface area contributed by atoms with Crippen LogP contribution in [0.4, 0.5) is 5.82 Å². The maximum Gasteiger partial charge on any atom is 0.326 e. The molecule has 2 N–H and O–H groups in total. The molecular formula is C26H23N3O3. The molecule has 0 amide bonds. The van der Waals surface area contributed by atoms with Crippen LogP contribution in [0.2, 0.25) is 0 Å². The summed E-state index contributed by atoms with van der Waals surface area (Å²) in [7, 11) is 1.65. The van der Waals surface area contributed by atoms with Gasteiger partial charge in [-0.3, -0.25) is 0 Å². The Morgan fingerprint density at radius 1 is 0.906 bits per heavy atom. The Bertz CT molecular complexity index is 1190. The van der Waals surface area contributed by atoms with Gasteiger partial charge in [0.05, 0.1) is 12.8 Å². The first-order chi connectivity index (χ1) is 15.6. The molecule has 1 unspecified atom stereocenters. The molecule has 4 rings (SSSR count). The zero-order valence-electron chi connectivity index (χ0n) is 17.6. The van der Waals surface area contributed by atoms with Crippen LogP contribution in [-0.2, 0) is 11.2 Å². The summed E-state index contributed by atoms with van der Waals surface area (Å²) in [5.41, 5.74) is 4.69. The van der Waals surface area contributed by atoms with E-state index < -0.39 is 12.0 Å². The molecule has 0 spiro atoms. The minimum absolute atomic E-state index is 0.352. The number of hydrogen-bond donors (Lipinski definition) is 2. The molecule has 1 aromatic heterocycles. The maximum absolute atomic E-state index is 11.8. The SMILES string of the molecule is COc1cccc(-c2ccc(-c3cc(NC(Cc4ccccc4)C(=O)O)ncn3)cc2)c1. The van der Waals surface area contributed by atoms with Crippen LogP contribution < -0.4 is 10.1 Å². The molecule has 4 aromatic rings. The predicted molar refractivity (Wildman–Crippen MR) is 125 cm³/mol. The van der Waals surface area contributed by atoms with Gasteiger partial charge in [0.2, 0.25) is 0 Å². The summed E-state index contributed by atoms with van der Waals surface area (Å²) >= 11 is 0. The summed E-state index contributed by atoms with van der Waals surface area (Å²) < 4.78 is 5.30. The molecule has 0 saturated carbocycles. The quantitative estimate of drug-likeness (QED) is 0.417. The third kappa shape index (κ3) is 5.10. The second-order valence-electron chi connectivity index (χ2n) is 7.32. The molecule has 0 aliphatic rings. The summed E-state index contributed by atoms with van der Waals surface area (Å²) in [6, 6.07) is 26.4. The summed E-state index contributed by atoms with van der Waals surface area (Å²) in [4.78, 5) is 20.3. The highest BCUT2D eigenvalue weighted by Crippen LogP contribution is 2.27. The van der Waals surface area contributed by atoms with Crippen LogP contribution in [0.1, 0.15) is 5.56 Å². The van der Waals surface area contributed by atoms with Gasteiger partial charge in [0.25, 0.3) is 0 Å². The zero-order chi connectivity index (χ0) is 22.3. The van der Waals surface area contributed by atoms with Gasteiger partial charge < -0.3 is 15.2 Å². The van der Waals surface area contributed by atoms with Gasteiger partial charge in [0, 0.05) is 18.1 Å². The van der Waals surface area contributed by atoms with E-state index in [4.69, 9.17) is 4.74 Å². The van der Waals surface area contributed by atoms with Crippen molar-refractivity contribution in [1.82, 2.24) is 9.97 Å². The Hall–Kier alpha value is -4.19. The highest BCUT2D eigenvalue weighted by molar-refractivity contribution is 5.78. The van der Waals surface area contributed by atoms with Crippen molar-refractivity contribution in [2.45, 2.75) is 12.5 Å². The molecule has 3 aromatic carbocycles. The summed E-state index contributed by atoms with van der Waals surface area (Å²) in [6.45, 7) is 0. The van der Waals surface area contributed by atoms with Crippen LogP contribution in [0.3, 0.4) is 0 Å². The Morgan fingerprint density at radius 2 is 1.66 bits per heavy atom. The van der Waals surface area contributed by atoms with Crippen LogP contribution in [0.15, 0.2) is 91.3 Å². The number of rotatable bonds is 8. The van der Waals surface area contributed by atoms with Crippen LogP contribution in [0.5, 0.6) is 5.75 Å². The molecule has 0 radical (unpaired) electrons. The average molecular weight is 425 g/mol.